The highest BCUT2D eigenvalue weighted by Gasteiger charge is 2.08. The van der Waals surface area contributed by atoms with Gasteiger partial charge in [-0.05, 0) is 30.1 Å². The molecule has 0 atom stereocenters. The summed E-state index contributed by atoms with van der Waals surface area (Å²) in [6.45, 7) is 1.62. The van der Waals surface area contributed by atoms with Gasteiger partial charge in [0.25, 0.3) is 0 Å². The van der Waals surface area contributed by atoms with Crippen LogP contribution in [-0.2, 0) is 0 Å². The van der Waals surface area contributed by atoms with Crippen molar-refractivity contribution in [2.75, 3.05) is 13.2 Å². The van der Waals surface area contributed by atoms with E-state index in [9.17, 15) is 0 Å². The number of rotatable bonds is 0. The molecule has 1 aromatic rings. The van der Waals surface area contributed by atoms with Crippen molar-refractivity contribution in [3.8, 4) is 5.75 Å². The number of nitrogens with one attached hydrogen (secondary N) is 1. The second kappa shape index (κ2) is 3.68. The van der Waals surface area contributed by atoms with E-state index < -0.39 is 0 Å². The Morgan fingerprint density at radius 1 is 1.50 bits per heavy atom. The SMILES string of the molecule is Brc1ccc2c(c1)OCCNS2. The van der Waals surface area contributed by atoms with Gasteiger partial charge in [0.15, 0.2) is 0 Å². The highest BCUT2D eigenvalue weighted by molar-refractivity contribution is 9.10. The minimum atomic E-state index is 0.733. The Bertz CT molecular complexity index is 292. The maximum absolute atomic E-state index is 5.52. The standard InChI is InChI=1S/C8H8BrNOS/c9-6-1-2-8-7(5-6)11-4-3-10-12-8/h1-2,5,10H,3-4H2. The van der Waals surface area contributed by atoms with Crippen LogP contribution in [0.3, 0.4) is 0 Å². The van der Waals surface area contributed by atoms with Gasteiger partial charge >= 0.3 is 0 Å². The van der Waals surface area contributed by atoms with Gasteiger partial charge in [0.2, 0.25) is 0 Å². The van der Waals surface area contributed by atoms with Crippen LogP contribution in [0.2, 0.25) is 0 Å². The summed E-state index contributed by atoms with van der Waals surface area (Å²) in [5, 5.41) is 0. The molecular formula is C8H8BrNOS. The number of hydrogen-bond donors (Lipinski definition) is 1. The lowest BCUT2D eigenvalue weighted by Crippen LogP contribution is -2.10. The summed E-state index contributed by atoms with van der Waals surface area (Å²) in [7, 11) is 0. The Morgan fingerprint density at radius 3 is 3.33 bits per heavy atom. The molecule has 0 aromatic heterocycles. The van der Waals surface area contributed by atoms with Crippen LogP contribution in [0.4, 0.5) is 0 Å². The zero-order valence-corrected chi connectivity index (χ0v) is 8.74. The van der Waals surface area contributed by atoms with Crippen molar-refractivity contribution in [3.63, 3.8) is 0 Å². The van der Waals surface area contributed by atoms with Gasteiger partial charge in [0, 0.05) is 11.0 Å². The Labute approximate surface area is 83.9 Å². The lowest BCUT2D eigenvalue weighted by molar-refractivity contribution is 0.321. The fourth-order valence-corrected chi connectivity index (χ4v) is 2.05. The van der Waals surface area contributed by atoms with E-state index in [2.05, 4.69) is 20.7 Å². The molecule has 0 bridgehead atoms. The summed E-state index contributed by atoms with van der Waals surface area (Å²) in [4.78, 5) is 1.15. The molecule has 1 heterocycles. The van der Waals surface area contributed by atoms with E-state index in [-0.39, 0.29) is 0 Å². The molecular weight excluding hydrogens is 238 g/mol. The first-order chi connectivity index (χ1) is 5.86. The molecule has 4 heteroatoms. The van der Waals surface area contributed by atoms with Gasteiger partial charge in [-0.15, -0.1) is 0 Å². The third kappa shape index (κ3) is 1.76. The maximum Gasteiger partial charge on any atom is 0.135 e. The second-order valence-corrected chi connectivity index (χ2v) is 4.28. The van der Waals surface area contributed by atoms with Crippen molar-refractivity contribution in [2.45, 2.75) is 4.90 Å². The largest absolute Gasteiger partial charge is 0.491 e. The summed E-state index contributed by atoms with van der Waals surface area (Å²) in [5.41, 5.74) is 0. The van der Waals surface area contributed by atoms with Gasteiger partial charge in [-0.3, -0.25) is 4.72 Å². The third-order valence-electron chi connectivity index (χ3n) is 1.55. The van der Waals surface area contributed by atoms with E-state index in [1.165, 1.54) is 0 Å². The van der Waals surface area contributed by atoms with Crippen molar-refractivity contribution in [3.05, 3.63) is 22.7 Å². The molecule has 1 aromatic carbocycles. The van der Waals surface area contributed by atoms with E-state index in [1.807, 2.05) is 18.2 Å². The Balaban J connectivity index is 2.36. The predicted molar refractivity (Wildman–Crippen MR) is 53.5 cm³/mol. The lowest BCUT2D eigenvalue weighted by Gasteiger charge is -2.04. The highest BCUT2D eigenvalue weighted by atomic mass is 79.9. The summed E-state index contributed by atoms with van der Waals surface area (Å²) < 4.78 is 9.77. The van der Waals surface area contributed by atoms with Gasteiger partial charge in [0.05, 0.1) is 4.90 Å². The van der Waals surface area contributed by atoms with Crippen LogP contribution >= 0.6 is 27.9 Å². The van der Waals surface area contributed by atoms with Gasteiger partial charge in [-0.25, -0.2) is 0 Å². The molecule has 0 spiro atoms. The van der Waals surface area contributed by atoms with Crippen molar-refractivity contribution in [1.82, 2.24) is 4.72 Å². The Hall–Kier alpha value is -0.190. The molecule has 12 heavy (non-hydrogen) atoms. The van der Waals surface area contributed by atoms with E-state index in [0.29, 0.717) is 0 Å². The maximum atomic E-state index is 5.52. The molecule has 1 aliphatic rings. The zero-order valence-electron chi connectivity index (χ0n) is 6.34. The summed E-state index contributed by atoms with van der Waals surface area (Å²) in [6, 6.07) is 6.06. The number of fused-ring (bicyclic) bond motifs is 1. The van der Waals surface area contributed by atoms with Gasteiger partial charge < -0.3 is 4.74 Å². The fourth-order valence-electron chi connectivity index (χ4n) is 1.01. The van der Waals surface area contributed by atoms with Crippen LogP contribution in [0.5, 0.6) is 5.75 Å². The van der Waals surface area contributed by atoms with Gasteiger partial charge in [0.1, 0.15) is 12.4 Å². The van der Waals surface area contributed by atoms with Gasteiger partial charge in [-0.1, -0.05) is 15.9 Å². The third-order valence-corrected chi connectivity index (χ3v) is 2.95. The number of ether oxygens (including phenoxy) is 1. The smallest absolute Gasteiger partial charge is 0.135 e. The first-order valence-electron chi connectivity index (χ1n) is 3.68. The molecule has 0 fully saturated rings. The number of hydrogen-bond acceptors (Lipinski definition) is 3. The van der Waals surface area contributed by atoms with E-state index in [1.54, 1.807) is 11.9 Å². The summed E-state index contributed by atoms with van der Waals surface area (Å²) >= 11 is 5.03. The highest BCUT2D eigenvalue weighted by Crippen LogP contribution is 2.31. The van der Waals surface area contributed by atoms with Crippen molar-refractivity contribution < 1.29 is 4.74 Å². The summed E-state index contributed by atoms with van der Waals surface area (Å²) in [5.74, 6) is 0.958. The molecule has 1 N–H and O–H groups in total. The van der Waals surface area contributed by atoms with Crippen molar-refractivity contribution in [1.29, 1.82) is 0 Å². The quantitative estimate of drug-likeness (QED) is 0.710. The average Bonchev–Trinajstić information content (AvgIpc) is 2.28. The normalized spacial score (nSPS) is 16.1. The van der Waals surface area contributed by atoms with Crippen molar-refractivity contribution in [2.24, 2.45) is 0 Å². The second-order valence-electron chi connectivity index (χ2n) is 2.44. The van der Waals surface area contributed by atoms with Crippen LogP contribution < -0.4 is 9.46 Å². The van der Waals surface area contributed by atoms with Crippen molar-refractivity contribution >= 4 is 27.9 Å². The van der Waals surface area contributed by atoms with E-state index >= 15 is 0 Å². The predicted octanol–water partition coefficient (Wildman–Crippen LogP) is 2.44. The minimum absolute atomic E-state index is 0.733. The number of halogens is 1. The molecule has 0 radical (unpaired) electrons. The minimum Gasteiger partial charge on any atom is -0.491 e. The molecule has 2 nitrogen and oxygen atoms in total. The molecule has 1 aliphatic heterocycles. The first-order valence-corrected chi connectivity index (χ1v) is 5.29. The topological polar surface area (TPSA) is 21.3 Å². The van der Waals surface area contributed by atoms with Crippen LogP contribution in [0, 0.1) is 0 Å². The van der Waals surface area contributed by atoms with E-state index in [0.717, 1.165) is 28.3 Å². The Kier molecular flexibility index (Phi) is 2.58. The lowest BCUT2D eigenvalue weighted by atomic mass is 10.3. The Morgan fingerprint density at radius 2 is 2.42 bits per heavy atom. The molecule has 0 amide bonds. The monoisotopic (exact) mass is 245 g/mol. The summed E-state index contributed by atoms with van der Waals surface area (Å²) in [6.07, 6.45) is 0. The van der Waals surface area contributed by atoms with Crippen LogP contribution in [0.15, 0.2) is 27.6 Å². The number of benzene rings is 1. The molecule has 0 unspecified atom stereocenters. The zero-order chi connectivity index (χ0) is 8.39. The molecule has 0 saturated carbocycles. The van der Waals surface area contributed by atoms with Gasteiger partial charge in [-0.2, -0.15) is 0 Å². The fraction of sp³-hybridized carbons (Fsp3) is 0.250. The van der Waals surface area contributed by atoms with Crippen LogP contribution in [-0.4, -0.2) is 13.2 Å². The first kappa shape index (κ1) is 8.41. The molecule has 64 valence electrons. The molecule has 0 saturated heterocycles. The molecule has 0 aliphatic carbocycles. The average molecular weight is 246 g/mol. The molecule has 2 rings (SSSR count). The van der Waals surface area contributed by atoms with Crippen LogP contribution in [0.1, 0.15) is 0 Å². The van der Waals surface area contributed by atoms with Crippen LogP contribution in [0.25, 0.3) is 0 Å². The van der Waals surface area contributed by atoms with E-state index in [4.69, 9.17) is 4.74 Å².